The Morgan fingerprint density at radius 1 is 1.36 bits per heavy atom. The van der Waals surface area contributed by atoms with Crippen molar-refractivity contribution < 1.29 is 9.84 Å². The largest absolute Gasteiger partial charge is 0.508 e. The first-order valence-electron chi connectivity index (χ1n) is 4.92. The molecule has 0 spiro atoms. The van der Waals surface area contributed by atoms with Crippen molar-refractivity contribution in [3.05, 3.63) is 29.3 Å². The van der Waals surface area contributed by atoms with Crippen LogP contribution < -0.4 is 0 Å². The van der Waals surface area contributed by atoms with E-state index in [1.54, 1.807) is 6.07 Å². The van der Waals surface area contributed by atoms with Crippen molar-refractivity contribution in [2.24, 2.45) is 5.41 Å². The Labute approximate surface area is 84.5 Å². The molecule has 1 heterocycles. The minimum Gasteiger partial charge on any atom is -0.508 e. The first-order valence-corrected chi connectivity index (χ1v) is 4.92. The van der Waals surface area contributed by atoms with Gasteiger partial charge in [-0.25, -0.2) is 0 Å². The minimum absolute atomic E-state index is 0.0127. The van der Waals surface area contributed by atoms with Gasteiger partial charge in [0.05, 0.1) is 12.7 Å². The predicted molar refractivity (Wildman–Crippen MR) is 55.1 cm³/mol. The van der Waals surface area contributed by atoms with Crippen LogP contribution >= 0.6 is 0 Å². The van der Waals surface area contributed by atoms with Gasteiger partial charge in [0.2, 0.25) is 0 Å². The van der Waals surface area contributed by atoms with Crippen LogP contribution in [0.1, 0.15) is 38.0 Å². The lowest BCUT2D eigenvalue weighted by atomic mass is 9.84. The van der Waals surface area contributed by atoms with E-state index in [9.17, 15) is 5.11 Å². The van der Waals surface area contributed by atoms with E-state index >= 15 is 0 Å². The lowest BCUT2D eigenvalue weighted by Gasteiger charge is -2.27. The van der Waals surface area contributed by atoms with Crippen molar-refractivity contribution in [1.82, 2.24) is 0 Å². The zero-order chi connectivity index (χ0) is 10.3. The third kappa shape index (κ3) is 1.40. The molecular weight excluding hydrogens is 176 g/mol. The Hall–Kier alpha value is -1.02. The average Bonchev–Trinajstić information content (AvgIpc) is 2.47. The fourth-order valence-electron chi connectivity index (χ4n) is 1.97. The summed E-state index contributed by atoms with van der Waals surface area (Å²) in [7, 11) is 0. The molecule has 0 bridgehead atoms. The Morgan fingerprint density at radius 2 is 2.07 bits per heavy atom. The lowest BCUT2D eigenvalue weighted by Crippen LogP contribution is -2.17. The molecule has 1 aromatic rings. The van der Waals surface area contributed by atoms with Gasteiger partial charge in [0.15, 0.2) is 0 Å². The third-order valence-electron chi connectivity index (χ3n) is 2.63. The number of hydrogen-bond donors (Lipinski definition) is 1. The van der Waals surface area contributed by atoms with E-state index in [2.05, 4.69) is 20.8 Å². The van der Waals surface area contributed by atoms with Crippen LogP contribution in [0.15, 0.2) is 18.2 Å². The summed E-state index contributed by atoms with van der Waals surface area (Å²) in [6.07, 6.45) is 0.0127. The molecule has 0 aliphatic carbocycles. The van der Waals surface area contributed by atoms with Crippen molar-refractivity contribution in [3.8, 4) is 5.75 Å². The number of ether oxygens (including phenoxy) is 1. The smallest absolute Gasteiger partial charge is 0.121 e. The lowest BCUT2D eigenvalue weighted by molar-refractivity contribution is -0.00880. The first kappa shape index (κ1) is 9.53. The first-order chi connectivity index (χ1) is 6.50. The zero-order valence-corrected chi connectivity index (χ0v) is 8.87. The summed E-state index contributed by atoms with van der Waals surface area (Å²) < 4.78 is 5.71. The minimum atomic E-state index is 0.0127. The maximum absolute atomic E-state index is 9.79. The van der Waals surface area contributed by atoms with E-state index < -0.39 is 0 Å². The Balaban J connectivity index is 2.48. The van der Waals surface area contributed by atoms with Crippen LogP contribution in [-0.2, 0) is 11.3 Å². The van der Waals surface area contributed by atoms with Gasteiger partial charge in [0, 0.05) is 5.56 Å². The highest BCUT2D eigenvalue weighted by molar-refractivity contribution is 5.43. The van der Waals surface area contributed by atoms with Gasteiger partial charge in [0.25, 0.3) is 0 Å². The summed E-state index contributed by atoms with van der Waals surface area (Å²) >= 11 is 0. The molecular formula is C12H16O2. The SMILES string of the molecule is CC(C)(C)C1OCc2cccc(O)c21. The van der Waals surface area contributed by atoms with Crippen LogP contribution in [0.3, 0.4) is 0 Å². The number of rotatable bonds is 0. The Morgan fingerprint density at radius 3 is 2.71 bits per heavy atom. The van der Waals surface area contributed by atoms with E-state index in [0.29, 0.717) is 12.4 Å². The molecule has 1 aliphatic rings. The van der Waals surface area contributed by atoms with Gasteiger partial charge in [-0.3, -0.25) is 0 Å². The van der Waals surface area contributed by atoms with Gasteiger partial charge in [-0.1, -0.05) is 32.9 Å². The molecule has 0 radical (unpaired) electrons. The molecule has 2 heteroatoms. The fourth-order valence-corrected chi connectivity index (χ4v) is 1.97. The van der Waals surface area contributed by atoms with Crippen molar-refractivity contribution in [2.45, 2.75) is 33.5 Å². The van der Waals surface area contributed by atoms with Gasteiger partial charge in [-0.15, -0.1) is 0 Å². The fraction of sp³-hybridized carbons (Fsp3) is 0.500. The second-order valence-corrected chi connectivity index (χ2v) is 4.91. The quantitative estimate of drug-likeness (QED) is 0.684. The molecule has 0 fully saturated rings. The molecule has 1 unspecified atom stereocenters. The van der Waals surface area contributed by atoms with Gasteiger partial charge < -0.3 is 9.84 Å². The molecule has 14 heavy (non-hydrogen) atoms. The normalized spacial score (nSPS) is 20.9. The van der Waals surface area contributed by atoms with E-state index in [0.717, 1.165) is 11.1 Å². The number of phenolic OH excluding ortho intramolecular Hbond substituents is 1. The second-order valence-electron chi connectivity index (χ2n) is 4.91. The maximum atomic E-state index is 9.79. The summed E-state index contributed by atoms with van der Waals surface area (Å²) in [6, 6.07) is 5.61. The van der Waals surface area contributed by atoms with E-state index in [1.807, 2.05) is 12.1 Å². The van der Waals surface area contributed by atoms with E-state index in [-0.39, 0.29) is 11.5 Å². The summed E-state index contributed by atoms with van der Waals surface area (Å²) in [5.74, 6) is 0.361. The van der Waals surface area contributed by atoms with Gasteiger partial charge >= 0.3 is 0 Å². The van der Waals surface area contributed by atoms with Crippen LogP contribution in [0.25, 0.3) is 0 Å². The average molecular weight is 192 g/mol. The molecule has 1 aromatic carbocycles. The number of hydrogen-bond acceptors (Lipinski definition) is 2. The maximum Gasteiger partial charge on any atom is 0.121 e. The Kier molecular flexibility index (Phi) is 2.04. The monoisotopic (exact) mass is 192 g/mol. The molecule has 2 rings (SSSR count). The molecule has 0 aromatic heterocycles. The molecule has 2 nitrogen and oxygen atoms in total. The zero-order valence-electron chi connectivity index (χ0n) is 8.87. The van der Waals surface area contributed by atoms with E-state index in [4.69, 9.17) is 4.74 Å². The van der Waals surface area contributed by atoms with E-state index in [1.165, 1.54) is 0 Å². The topological polar surface area (TPSA) is 29.5 Å². The standard InChI is InChI=1S/C12H16O2/c1-12(2,3)11-10-8(7-14-11)5-4-6-9(10)13/h4-6,11,13H,7H2,1-3H3. The number of aromatic hydroxyl groups is 1. The predicted octanol–water partition coefficient (Wildman–Crippen LogP) is 3.01. The highest BCUT2D eigenvalue weighted by Gasteiger charge is 2.35. The number of fused-ring (bicyclic) bond motifs is 1. The number of phenols is 1. The molecule has 0 saturated heterocycles. The van der Waals surface area contributed by atoms with Crippen molar-refractivity contribution >= 4 is 0 Å². The van der Waals surface area contributed by atoms with Crippen LogP contribution in [0.4, 0.5) is 0 Å². The van der Waals surface area contributed by atoms with Crippen LogP contribution in [0.5, 0.6) is 5.75 Å². The number of benzene rings is 1. The summed E-state index contributed by atoms with van der Waals surface area (Å²) in [5, 5.41) is 9.79. The molecule has 76 valence electrons. The summed E-state index contributed by atoms with van der Waals surface area (Å²) in [5.41, 5.74) is 2.12. The van der Waals surface area contributed by atoms with Crippen molar-refractivity contribution in [3.63, 3.8) is 0 Å². The van der Waals surface area contributed by atoms with Crippen LogP contribution in [0, 0.1) is 5.41 Å². The molecule has 1 atom stereocenters. The Bertz CT molecular complexity index is 350. The van der Waals surface area contributed by atoms with Gasteiger partial charge in [-0.2, -0.15) is 0 Å². The molecule has 1 N–H and O–H groups in total. The highest BCUT2D eigenvalue weighted by Crippen LogP contribution is 2.46. The van der Waals surface area contributed by atoms with Crippen molar-refractivity contribution in [1.29, 1.82) is 0 Å². The molecule has 0 saturated carbocycles. The second kappa shape index (κ2) is 2.99. The molecule has 0 amide bonds. The summed E-state index contributed by atoms with van der Waals surface area (Å²) in [4.78, 5) is 0. The molecule has 1 aliphatic heterocycles. The van der Waals surface area contributed by atoms with Crippen LogP contribution in [-0.4, -0.2) is 5.11 Å². The van der Waals surface area contributed by atoms with Gasteiger partial charge in [-0.05, 0) is 17.0 Å². The van der Waals surface area contributed by atoms with Crippen molar-refractivity contribution in [2.75, 3.05) is 0 Å². The van der Waals surface area contributed by atoms with Crippen LogP contribution in [0.2, 0.25) is 0 Å². The summed E-state index contributed by atoms with van der Waals surface area (Å²) in [6.45, 7) is 6.99. The highest BCUT2D eigenvalue weighted by atomic mass is 16.5. The third-order valence-corrected chi connectivity index (χ3v) is 2.63. The van der Waals surface area contributed by atoms with Gasteiger partial charge in [0.1, 0.15) is 5.75 Å².